The summed E-state index contributed by atoms with van der Waals surface area (Å²) in [7, 11) is 0. The van der Waals surface area contributed by atoms with Gasteiger partial charge < -0.3 is 4.98 Å². The second-order valence-corrected chi connectivity index (χ2v) is 5.19. The summed E-state index contributed by atoms with van der Waals surface area (Å²) < 4.78 is 1.74. The summed E-state index contributed by atoms with van der Waals surface area (Å²) in [5.41, 5.74) is 2.35. The highest BCUT2D eigenvalue weighted by atomic mass is 79.9. The van der Waals surface area contributed by atoms with E-state index in [0.29, 0.717) is 4.64 Å². The van der Waals surface area contributed by atoms with Crippen LogP contribution in [0.15, 0.2) is 34.8 Å². The predicted molar refractivity (Wildman–Crippen MR) is 75.7 cm³/mol. The lowest BCUT2D eigenvalue weighted by molar-refractivity contribution is 0.899. The molecule has 0 radical (unpaired) electrons. The van der Waals surface area contributed by atoms with Crippen LogP contribution in [0.2, 0.25) is 0 Å². The van der Waals surface area contributed by atoms with Crippen molar-refractivity contribution in [3.8, 4) is 0 Å². The minimum Gasteiger partial charge on any atom is -0.347 e. The van der Waals surface area contributed by atoms with Crippen molar-refractivity contribution >= 4 is 28.1 Å². The van der Waals surface area contributed by atoms with E-state index in [1.54, 1.807) is 0 Å². The van der Waals surface area contributed by atoms with Crippen molar-refractivity contribution < 1.29 is 0 Å². The molecule has 0 spiro atoms. The second kappa shape index (κ2) is 5.56. The molecule has 88 valence electrons. The quantitative estimate of drug-likeness (QED) is 0.866. The molecule has 17 heavy (non-hydrogen) atoms. The van der Waals surface area contributed by atoms with E-state index in [0.717, 1.165) is 28.8 Å². The number of aromatic amines is 1. The van der Waals surface area contributed by atoms with Gasteiger partial charge in [0.2, 0.25) is 0 Å². The highest BCUT2D eigenvalue weighted by Crippen LogP contribution is 2.14. The van der Waals surface area contributed by atoms with Gasteiger partial charge in [0.15, 0.2) is 0 Å². The van der Waals surface area contributed by atoms with Crippen LogP contribution in [0.4, 0.5) is 0 Å². The lowest BCUT2D eigenvalue weighted by atomic mass is 10.1. The van der Waals surface area contributed by atoms with Crippen molar-refractivity contribution in [1.82, 2.24) is 9.97 Å². The van der Waals surface area contributed by atoms with E-state index < -0.39 is 0 Å². The van der Waals surface area contributed by atoms with Crippen LogP contribution in [0.25, 0.3) is 0 Å². The Morgan fingerprint density at radius 1 is 1.35 bits per heavy atom. The van der Waals surface area contributed by atoms with Crippen LogP contribution in [-0.4, -0.2) is 9.97 Å². The van der Waals surface area contributed by atoms with E-state index in [-0.39, 0.29) is 0 Å². The highest BCUT2D eigenvalue weighted by molar-refractivity contribution is 9.10. The van der Waals surface area contributed by atoms with Gasteiger partial charge in [-0.3, -0.25) is 0 Å². The maximum atomic E-state index is 5.15. The first kappa shape index (κ1) is 12.5. The lowest BCUT2D eigenvalue weighted by Crippen LogP contribution is -2.00. The lowest BCUT2D eigenvalue weighted by Gasteiger charge is -2.05. The minimum atomic E-state index is 0.658. The standard InChI is InChI=1S/C13H13BrN2S/c1-2-11-8-13(17)16-12(15-11)7-9-4-3-5-10(14)6-9/h3-6,8H,2,7H2,1H3,(H,15,16,17). The zero-order chi connectivity index (χ0) is 12.3. The van der Waals surface area contributed by atoms with Crippen LogP contribution in [-0.2, 0) is 12.8 Å². The van der Waals surface area contributed by atoms with Crippen LogP contribution < -0.4 is 0 Å². The van der Waals surface area contributed by atoms with Crippen LogP contribution in [0.1, 0.15) is 24.0 Å². The average molecular weight is 309 g/mol. The maximum absolute atomic E-state index is 5.15. The number of hydrogen-bond acceptors (Lipinski definition) is 2. The molecule has 2 nitrogen and oxygen atoms in total. The van der Waals surface area contributed by atoms with Crippen molar-refractivity contribution in [2.24, 2.45) is 0 Å². The van der Waals surface area contributed by atoms with E-state index in [9.17, 15) is 0 Å². The molecule has 0 aliphatic heterocycles. The number of nitrogens with one attached hydrogen (secondary N) is 1. The van der Waals surface area contributed by atoms with Gasteiger partial charge in [-0.15, -0.1) is 0 Å². The van der Waals surface area contributed by atoms with Gasteiger partial charge >= 0.3 is 0 Å². The fraction of sp³-hybridized carbons (Fsp3) is 0.231. The average Bonchev–Trinajstić information content (AvgIpc) is 2.28. The molecule has 1 aromatic carbocycles. The Labute approximate surface area is 114 Å². The molecular weight excluding hydrogens is 296 g/mol. The summed E-state index contributed by atoms with van der Waals surface area (Å²) in [5.74, 6) is 0.924. The third kappa shape index (κ3) is 3.48. The normalized spacial score (nSPS) is 10.5. The summed E-state index contributed by atoms with van der Waals surface area (Å²) in [6.07, 6.45) is 1.72. The first-order chi connectivity index (χ1) is 8.17. The maximum Gasteiger partial charge on any atom is 0.130 e. The fourth-order valence-corrected chi connectivity index (χ4v) is 2.38. The zero-order valence-electron chi connectivity index (χ0n) is 9.53. The van der Waals surface area contributed by atoms with E-state index in [2.05, 4.69) is 45.0 Å². The first-order valence-corrected chi connectivity index (χ1v) is 6.71. The van der Waals surface area contributed by atoms with Crippen LogP contribution in [0.3, 0.4) is 0 Å². The molecule has 0 unspecified atom stereocenters. The summed E-state index contributed by atoms with van der Waals surface area (Å²) in [5, 5.41) is 0. The van der Waals surface area contributed by atoms with E-state index in [1.165, 1.54) is 5.56 Å². The molecule has 0 aliphatic carbocycles. The largest absolute Gasteiger partial charge is 0.347 e. The molecule has 2 aromatic rings. The van der Waals surface area contributed by atoms with Crippen molar-refractivity contribution in [3.63, 3.8) is 0 Å². The van der Waals surface area contributed by atoms with E-state index in [4.69, 9.17) is 12.2 Å². The van der Waals surface area contributed by atoms with Crippen molar-refractivity contribution in [2.45, 2.75) is 19.8 Å². The summed E-state index contributed by atoms with van der Waals surface area (Å²) in [6.45, 7) is 2.10. The number of aromatic nitrogens is 2. The van der Waals surface area contributed by atoms with E-state index >= 15 is 0 Å². The fourth-order valence-electron chi connectivity index (χ4n) is 1.68. The third-order valence-corrected chi connectivity index (χ3v) is 3.19. The Morgan fingerprint density at radius 3 is 2.88 bits per heavy atom. The Balaban J connectivity index is 2.29. The van der Waals surface area contributed by atoms with Gasteiger partial charge in [0, 0.05) is 16.6 Å². The summed E-state index contributed by atoms with van der Waals surface area (Å²) in [6, 6.07) is 10.1. The first-order valence-electron chi connectivity index (χ1n) is 5.51. The Morgan fingerprint density at radius 2 is 2.18 bits per heavy atom. The number of hydrogen-bond donors (Lipinski definition) is 1. The number of rotatable bonds is 3. The molecule has 2 rings (SSSR count). The molecule has 0 atom stereocenters. The molecule has 0 saturated carbocycles. The van der Waals surface area contributed by atoms with Crippen LogP contribution in [0, 0.1) is 4.64 Å². The zero-order valence-corrected chi connectivity index (χ0v) is 11.9. The Kier molecular flexibility index (Phi) is 4.07. The van der Waals surface area contributed by atoms with Gasteiger partial charge in [0.1, 0.15) is 10.5 Å². The van der Waals surface area contributed by atoms with Crippen molar-refractivity contribution in [2.75, 3.05) is 0 Å². The van der Waals surface area contributed by atoms with Crippen molar-refractivity contribution in [1.29, 1.82) is 0 Å². The van der Waals surface area contributed by atoms with Gasteiger partial charge in [0.05, 0.1) is 0 Å². The Bertz CT molecular complexity index is 578. The topological polar surface area (TPSA) is 28.7 Å². The molecule has 0 saturated heterocycles. The molecule has 4 heteroatoms. The number of aryl methyl sites for hydroxylation is 1. The molecule has 1 heterocycles. The molecular formula is C13H13BrN2S. The third-order valence-electron chi connectivity index (χ3n) is 2.49. The SMILES string of the molecule is CCc1cc(=S)nc(Cc2cccc(Br)c2)[nH]1. The monoisotopic (exact) mass is 308 g/mol. The predicted octanol–water partition coefficient (Wildman–Crippen LogP) is 4.05. The number of halogens is 1. The van der Waals surface area contributed by atoms with E-state index in [1.807, 2.05) is 18.2 Å². The number of benzene rings is 1. The highest BCUT2D eigenvalue weighted by Gasteiger charge is 2.01. The molecule has 0 fully saturated rings. The van der Waals surface area contributed by atoms with Gasteiger partial charge in [0.25, 0.3) is 0 Å². The minimum absolute atomic E-state index is 0.658. The number of H-pyrrole nitrogens is 1. The van der Waals surface area contributed by atoms with Gasteiger partial charge in [-0.25, -0.2) is 4.98 Å². The van der Waals surface area contributed by atoms with Gasteiger partial charge in [-0.1, -0.05) is 47.2 Å². The summed E-state index contributed by atoms with van der Waals surface area (Å²) >= 11 is 8.62. The van der Waals surface area contributed by atoms with Crippen LogP contribution >= 0.6 is 28.1 Å². The van der Waals surface area contributed by atoms with Crippen LogP contribution in [0.5, 0.6) is 0 Å². The second-order valence-electron chi connectivity index (χ2n) is 3.85. The molecule has 0 bridgehead atoms. The summed E-state index contributed by atoms with van der Waals surface area (Å²) in [4.78, 5) is 7.66. The molecule has 1 N–H and O–H groups in total. The molecule has 0 aliphatic rings. The Hall–Kier alpha value is -1.00. The molecule has 0 amide bonds. The number of nitrogens with zero attached hydrogens (tertiary/aromatic N) is 1. The van der Waals surface area contributed by atoms with Gasteiger partial charge in [-0.05, 0) is 30.2 Å². The molecule has 1 aromatic heterocycles. The van der Waals surface area contributed by atoms with Crippen molar-refractivity contribution in [3.05, 3.63) is 56.5 Å². The smallest absolute Gasteiger partial charge is 0.130 e. The van der Waals surface area contributed by atoms with Gasteiger partial charge in [-0.2, -0.15) is 0 Å².